The molecule has 0 aliphatic carbocycles. The van der Waals surface area contributed by atoms with Crippen molar-refractivity contribution < 1.29 is 12.8 Å². The van der Waals surface area contributed by atoms with Gasteiger partial charge in [0.1, 0.15) is 16.6 Å². The van der Waals surface area contributed by atoms with Crippen LogP contribution in [0.15, 0.2) is 65.2 Å². The van der Waals surface area contributed by atoms with Gasteiger partial charge in [0.05, 0.1) is 0 Å². The molecular weight excluding hydrogens is 339 g/mol. The molecule has 0 spiro atoms. The predicted molar refractivity (Wildman–Crippen MR) is 98.1 cm³/mol. The molecule has 0 unspecified atom stereocenters. The minimum absolute atomic E-state index is 0.161. The standard InChI is InChI=1S/C19H19FN2O2S/c1-14-18(16-9-11-17(20)12-10-16)25(23,24)22-19(14)21-13-5-8-15-6-3-2-4-7-15/h2-4,6-7,9-12H,5,8,13H2,1H3,(H,21,22). The molecule has 1 N–H and O–H groups in total. The van der Waals surface area contributed by atoms with Crippen LogP contribution in [0.3, 0.4) is 0 Å². The van der Waals surface area contributed by atoms with Crippen LogP contribution in [0.25, 0.3) is 4.91 Å². The zero-order valence-corrected chi connectivity index (χ0v) is 14.7. The summed E-state index contributed by atoms with van der Waals surface area (Å²) in [5, 5.41) is 0. The monoisotopic (exact) mass is 358 g/mol. The topological polar surface area (TPSA) is 58.5 Å². The molecule has 0 amide bonds. The van der Waals surface area contributed by atoms with Crippen molar-refractivity contribution in [2.24, 2.45) is 4.99 Å². The number of aliphatic imine (C=N–C) groups is 1. The van der Waals surface area contributed by atoms with Crippen molar-refractivity contribution in [2.45, 2.75) is 19.8 Å². The zero-order chi connectivity index (χ0) is 17.9. The van der Waals surface area contributed by atoms with Crippen molar-refractivity contribution >= 4 is 20.8 Å². The molecule has 1 heterocycles. The molecule has 0 saturated carbocycles. The van der Waals surface area contributed by atoms with E-state index in [0.717, 1.165) is 12.8 Å². The Labute approximate surface area is 147 Å². The molecule has 2 aromatic rings. The fourth-order valence-corrected chi connectivity index (χ4v) is 4.33. The lowest BCUT2D eigenvalue weighted by atomic mass is 10.1. The molecule has 0 radical (unpaired) electrons. The highest BCUT2D eigenvalue weighted by Crippen LogP contribution is 2.29. The van der Waals surface area contributed by atoms with Gasteiger partial charge in [-0.2, -0.15) is 0 Å². The van der Waals surface area contributed by atoms with Gasteiger partial charge in [-0.25, -0.2) is 12.8 Å². The molecule has 0 fully saturated rings. The van der Waals surface area contributed by atoms with Crippen molar-refractivity contribution in [3.63, 3.8) is 0 Å². The van der Waals surface area contributed by atoms with Crippen LogP contribution in [-0.2, 0) is 16.4 Å². The van der Waals surface area contributed by atoms with Crippen LogP contribution in [0, 0.1) is 5.82 Å². The van der Waals surface area contributed by atoms with E-state index in [2.05, 4.69) is 21.8 Å². The largest absolute Gasteiger partial charge is 0.268 e. The van der Waals surface area contributed by atoms with Gasteiger partial charge in [0.15, 0.2) is 0 Å². The second-order valence-corrected chi connectivity index (χ2v) is 7.51. The SMILES string of the molecule is CC1=C(c2ccc(F)cc2)S(=O)(=O)NC1=NCCCc1ccccc1. The van der Waals surface area contributed by atoms with E-state index in [1.54, 1.807) is 6.92 Å². The first kappa shape index (κ1) is 17.4. The number of hydrogen-bond donors (Lipinski definition) is 1. The Morgan fingerprint density at radius 1 is 1.04 bits per heavy atom. The summed E-state index contributed by atoms with van der Waals surface area (Å²) in [6.45, 7) is 2.24. The Morgan fingerprint density at radius 3 is 2.40 bits per heavy atom. The van der Waals surface area contributed by atoms with E-state index in [0.29, 0.717) is 23.5 Å². The third kappa shape index (κ3) is 3.96. The molecule has 2 aromatic carbocycles. The number of benzene rings is 2. The highest BCUT2D eigenvalue weighted by Gasteiger charge is 2.32. The van der Waals surface area contributed by atoms with E-state index >= 15 is 0 Å². The van der Waals surface area contributed by atoms with E-state index in [9.17, 15) is 12.8 Å². The summed E-state index contributed by atoms with van der Waals surface area (Å²) in [6.07, 6.45) is 1.71. The number of rotatable bonds is 5. The van der Waals surface area contributed by atoms with Crippen LogP contribution in [0.2, 0.25) is 0 Å². The van der Waals surface area contributed by atoms with E-state index < -0.39 is 15.8 Å². The molecule has 4 nitrogen and oxygen atoms in total. The minimum Gasteiger partial charge on any atom is -0.268 e. The highest BCUT2D eigenvalue weighted by molar-refractivity contribution is 8.00. The van der Waals surface area contributed by atoms with Crippen LogP contribution in [0.4, 0.5) is 4.39 Å². The summed E-state index contributed by atoms with van der Waals surface area (Å²) >= 11 is 0. The van der Waals surface area contributed by atoms with Gasteiger partial charge in [-0.1, -0.05) is 42.5 Å². The summed E-state index contributed by atoms with van der Waals surface area (Å²) in [7, 11) is -3.66. The normalized spacial score (nSPS) is 17.8. The van der Waals surface area contributed by atoms with Gasteiger partial charge in [0.25, 0.3) is 10.0 Å². The Balaban J connectivity index is 1.75. The van der Waals surface area contributed by atoms with Gasteiger partial charge in [0.2, 0.25) is 0 Å². The first-order chi connectivity index (χ1) is 12.0. The summed E-state index contributed by atoms with van der Waals surface area (Å²) in [6, 6.07) is 15.5. The van der Waals surface area contributed by atoms with Crippen LogP contribution in [0.5, 0.6) is 0 Å². The Kier molecular flexibility index (Phi) is 4.99. The Bertz CT molecular complexity index is 918. The fourth-order valence-electron chi connectivity index (χ4n) is 2.81. The van der Waals surface area contributed by atoms with Gasteiger partial charge >= 0.3 is 0 Å². The van der Waals surface area contributed by atoms with E-state index in [4.69, 9.17) is 0 Å². The maximum absolute atomic E-state index is 13.1. The number of hydrogen-bond acceptors (Lipinski definition) is 3. The molecule has 130 valence electrons. The average molecular weight is 358 g/mol. The van der Waals surface area contributed by atoms with Crippen molar-refractivity contribution in [1.82, 2.24) is 4.72 Å². The number of halogens is 1. The van der Waals surface area contributed by atoms with Gasteiger partial charge in [-0.05, 0) is 43.0 Å². The second kappa shape index (κ2) is 7.19. The van der Waals surface area contributed by atoms with E-state index in [1.165, 1.54) is 29.8 Å². The molecule has 0 bridgehead atoms. The predicted octanol–water partition coefficient (Wildman–Crippen LogP) is 3.52. The molecular formula is C19H19FN2O2S. The molecule has 6 heteroatoms. The molecule has 1 aliphatic heterocycles. The van der Waals surface area contributed by atoms with Crippen molar-refractivity contribution in [1.29, 1.82) is 0 Å². The van der Waals surface area contributed by atoms with Gasteiger partial charge in [-0.15, -0.1) is 0 Å². The minimum atomic E-state index is -3.66. The molecule has 0 aromatic heterocycles. The molecule has 1 aliphatic rings. The average Bonchev–Trinajstić information content (AvgIpc) is 2.82. The van der Waals surface area contributed by atoms with Crippen LogP contribution in [-0.4, -0.2) is 20.8 Å². The van der Waals surface area contributed by atoms with Gasteiger partial charge in [0, 0.05) is 12.1 Å². The number of sulfonamides is 1. The lowest BCUT2D eigenvalue weighted by Crippen LogP contribution is -2.23. The lowest BCUT2D eigenvalue weighted by molar-refractivity contribution is 0.603. The molecule has 3 rings (SSSR count). The van der Waals surface area contributed by atoms with Gasteiger partial charge in [-0.3, -0.25) is 9.71 Å². The summed E-state index contributed by atoms with van der Waals surface area (Å²) in [5.41, 5.74) is 2.25. The van der Waals surface area contributed by atoms with E-state index in [1.807, 2.05) is 18.2 Å². The van der Waals surface area contributed by atoms with Crippen molar-refractivity contribution in [3.05, 3.63) is 77.1 Å². The van der Waals surface area contributed by atoms with Crippen LogP contribution in [0.1, 0.15) is 24.5 Å². The number of amidine groups is 1. The first-order valence-corrected chi connectivity index (χ1v) is 9.54. The van der Waals surface area contributed by atoms with Crippen molar-refractivity contribution in [3.8, 4) is 0 Å². The lowest BCUT2D eigenvalue weighted by Gasteiger charge is -2.02. The number of aryl methyl sites for hydroxylation is 1. The first-order valence-electron chi connectivity index (χ1n) is 8.06. The van der Waals surface area contributed by atoms with Gasteiger partial charge < -0.3 is 0 Å². The summed E-state index contributed by atoms with van der Waals surface area (Å²) in [4.78, 5) is 4.56. The number of nitrogens with one attached hydrogen (secondary N) is 1. The number of nitrogens with zero attached hydrogens (tertiary/aromatic N) is 1. The molecule has 25 heavy (non-hydrogen) atoms. The summed E-state index contributed by atoms with van der Waals surface area (Å²) in [5.74, 6) is -0.0347. The maximum atomic E-state index is 13.1. The Hall–Kier alpha value is -2.47. The fraction of sp³-hybridized carbons (Fsp3) is 0.211. The third-order valence-corrected chi connectivity index (χ3v) is 5.58. The maximum Gasteiger partial charge on any atom is 0.264 e. The zero-order valence-electron chi connectivity index (χ0n) is 13.9. The van der Waals surface area contributed by atoms with Crippen molar-refractivity contribution in [2.75, 3.05) is 6.54 Å². The quantitative estimate of drug-likeness (QED) is 0.832. The third-order valence-electron chi connectivity index (χ3n) is 4.04. The molecule has 0 atom stereocenters. The van der Waals surface area contributed by atoms with E-state index in [-0.39, 0.29) is 4.91 Å². The highest BCUT2D eigenvalue weighted by atomic mass is 32.2. The second-order valence-electron chi connectivity index (χ2n) is 5.89. The van der Waals surface area contributed by atoms with Crippen LogP contribution >= 0.6 is 0 Å². The Morgan fingerprint density at radius 2 is 1.72 bits per heavy atom. The van der Waals surface area contributed by atoms with Crippen LogP contribution < -0.4 is 4.72 Å². The molecule has 0 saturated heterocycles. The smallest absolute Gasteiger partial charge is 0.264 e. The summed E-state index contributed by atoms with van der Waals surface area (Å²) < 4.78 is 40.3.